The van der Waals surface area contributed by atoms with E-state index in [-0.39, 0.29) is 12.2 Å². The van der Waals surface area contributed by atoms with Gasteiger partial charge in [-0.25, -0.2) is 4.39 Å². The minimum Gasteiger partial charge on any atom is -0.396 e. The van der Waals surface area contributed by atoms with Crippen LogP contribution in [0.2, 0.25) is 0 Å². The first-order valence-electron chi connectivity index (χ1n) is 4.25. The maximum atomic E-state index is 13.1. The van der Waals surface area contributed by atoms with Crippen molar-refractivity contribution in [3.63, 3.8) is 0 Å². The monoisotopic (exact) mass is 194 g/mol. The lowest BCUT2D eigenvalue weighted by molar-refractivity contribution is 0.276. The third-order valence-electron chi connectivity index (χ3n) is 2.00. The molecule has 74 valence electrons. The molecule has 14 heavy (non-hydrogen) atoms. The fraction of sp³-hybridized carbons (Fsp3) is 0.300. The van der Waals surface area contributed by atoms with E-state index in [1.807, 2.05) is 0 Å². The van der Waals surface area contributed by atoms with Gasteiger partial charge in [-0.05, 0) is 18.1 Å². The van der Waals surface area contributed by atoms with E-state index in [0.717, 1.165) is 0 Å². The number of aliphatic hydroxyl groups is 1. The number of halogens is 1. The van der Waals surface area contributed by atoms with Crippen LogP contribution in [-0.4, -0.2) is 11.7 Å². The van der Waals surface area contributed by atoms with Crippen LogP contribution in [-0.2, 0) is 0 Å². The summed E-state index contributed by atoms with van der Waals surface area (Å²) in [5, 5.41) is 17.4. The Kier molecular flexibility index (Phi) is 3.57. The minimum absolute atomic E-state index is 0.0338. The molecule has 0 aliphatic rings. The van der Waals surface area contributed by atoms with E-state index in [4.69, 9.17) is 16.1 Å². The average Bonchev–Trinajstić information content (AvgIpc) is 2.17. The standard InChI is InChI=1S/C10H11FN2O/c11-9-3-1-2-7(8(9)6-12)10(13)4-5-14/h1-3,10,14H,4-5,13H2/t10-/m0/s1. The van der Waals surface area contributed by atoms with Crippen LogP contribution < -0.4 is 5.73 Å². The molecule has 0 radical (unpaired) electrons. The largest absolute Gasteiger partial charge is 0.396 e. The number of nitriles is 1. The molecular weight excluding hydrogens is 183 g/mol. The highest BCUT2D eigenvalue weighted by Gasteiger charge is 2.13. The number of rotatable bonds is 3. The van der Waals surface area contributed by atoms with E-state index in [1.165, 1.54) is 12.1 Å². The Hall–Kier alpha value is -1.44. The van der Waals surface area contributed by atoms with Gasteiger partial charge in [-0.1, -0.05) is 12.1 Å². The van der Waals surface area contributed by atoms with Gasteiger partial charge in [0.25, 0.3) is 0 Å². The quantitative estimate of drug-likeness (QED) is 0.756. The van der Waals surface area contributed by atoms with Crippen LogP contribution in [0.3, 0.4) is 0 Å². The molecule has 1 atom stereocenters. The molecule has 0 aliphatic heterocycles. The summed E-state index contributed by atoms with van der Waals surface area (Å²) in [6, 6.07) is 5.59. The zero-order chi connectivity index (χ0) is 10.6. The number of hydrogen-bond donors (Lipinski definition) is 2. The SMILES string of the molecule is N#Cc1c(F)cccc1[C@@H](N)CCO. The van der Waals surface area contributed by atoms with Gasteiger partial charge in [0.05, 0.1) is 5.56 Å². The van der Waals surface area contributed by atoms with Crippen LogP contribution >= 0.6 is 0 Å². The zero-order valence-electron chi connectivity index (χ0n) is 7.57. The molecule has 0 saturated carbocycles. The van der Waals surface area contributed by atoms with Crippen molar-refractivity contribution in [2.24, 2.45) is 5.73 Å². The highest BCUT2D eigenvalue weighted by atomic mass is 19.1. The van der Waals surface area contributed by atoms with E-state index in [1.54, 1.807) is 12.1 Å². The van der Waals surface area contributed by atoms with Crippen molar-refractivity contribution < 1.29 is 9.50 Å². The summed E-state index contributed by atoms with van der Waals surface area (Å²) >= 11 is 0. The lowest BCUT2D eigenvalue weighted by Gasteiger charge is -2.11. The van der Waals surface area contributed by atoms with E-state index in [9.17, 15) is 4.39 Å². The van der Waals surface area contributed by atoms with Crippen LogP contribution in [0, 0.1) is 17.1 Å². The zero-order valence-corrected chi connectivity index (χ0v) is 7.57. The van der Waals surface area contributed by atoms with E-state index >= 15 is 0 Å². The van der Waals surface area contributed by atoms with Crippen LogP contribution in [0.1, 0.15) is 23.6 Å². The van der Waals surface area contributed by atoms with E-state index in [0.29, 0.717) is 12.0 Å². The highest BCUT2D eigenvalue weighted by molar-refractivity contribution is 5.40. The van der Waals surface area contributed by atoms with Gasteiger partial charge in [-0.15, -0.1) is 0 Å². The minimum atomic E-state index is -0.571. The topological polar surface area (TPSA) is 70.0 Å². The predicted octanol–water partition coefficient (Wildman–Crippen LogP) is 1.08. The Morgan fingerprint density at radius 3 is 2.86 bits per heavy atom. The molecule has 0 unspecified atom stereocenters. The number of nitrogens with two attached hydrogens (primary N) is 1. The lowest BCUT2D eigenvalue weighted by atomic mass is 9.99. The molecule has 4 heteroatoms. The van der Waals surface area contributed by atoms with Crippen molar-refractivity contribution in [3.05, 3.63) is 35.1 Å². The first-order valence-corrected chi connectivity index (χ1v) is 4.25. The molecule has 3 N–H and O–H groups in total. The Labute approximate surface area is 81.6 Å². The first-order chi connectivity index (χ1) is 6.70. The second-order valence-electron chi connectivity index (χ2n) is 2.93. The Morgan fingerprint density at radius 2 is 2.29 bits per heavy atom. The summed E-state index contributed by atoms with van der Waals surface area (Å²) in [6.45, 7) is -0.0808. The van der Waals surface area contributed by atoms with Gasteiger partial charge in [0.2, 0.25) is 0 Å². The Morgan fingerprint density at radius 1 is 1.57 bits per heavy atom. The van der Waals surface area contributed by atoms with E-state index in [2.05, 4.69) is 0 Å². The molecule has 0 bridgehead atoms. The van der Waals surface area contributed by atoms with Crippen molar-refractivity contribution in [2.45, 2.75) is 12.5 Å². The van der Waals surface area contributed by atoms with Crippen molar-refractivity contribution in [1.29, 1.82) is 5.26 Å². The van der Waals surface area contributed by atoms with Crippen LogP contribution in [0.4, 0.5) is 4.39 Å². The van der Waals surface area contributed by atoms with Gasteiger partial charge < -0.3 is 10.8 Å². The van der Waals surface area contributed by atoms with Crippen molar-refractivity contribution >= 4 is 0 Å². The number of aliphatic hydroxyl groups excluding tert-OH is 1. The van der Waals surface area contributed by atoms with Crippen LogP contribution in [0.15, 0.2) is 18.2 Å². The first kappa shape index (κ1) is 10.6. The second kappa shape index (κ2) is 4.70. The van der Waals surface area contributed by atoms with Crippen molar-refractivity contribution in [1.82, 2.24) is 0 Å². The summed E-state index contributed by atoms with van der Waals surface area (Å²) in [7, 11) is 0. The molecule has 0 amide bonds. The van der Waals surface area contributed by atoms with Crippen molar-refractivity contribution in [3.8, 4) is 6.07 Å². The molecule has 0 heterocycles. The summed E-state index contributed by atoms with van der Waals surface area (Å²) in [5.74, 6) is -0.571. The maximum absolute atomic E-state index is 13.1. The normalized spacial score (nSPS) is 12.1. The molecule has 0 fully saturated rings. The molecule has 0 saturated heterocycles. The van der Waals surface area contributed by atoms with Crippen LogP contribution in [0.25, 0.3) is 0 Å². The van der Waals surface area contributed by atoms with Gasteiger partial charge in [-0.2, -0.15) is 5.26 Å². The maximum Gasteiger partial charge on any atom is 0.141 e. The van der Waals surface area contributed by atoms with Gasteiger partial charge >= 0.3 is 0 Å². The van der Waals surface area contributed by atoms with E-state index < -0.39 is 11.9 Å². The summed E-state index contributed by atoms with van der Waals surface area (Å²) in [6.07, 6.45) is 0.318. The summed E-state index contributed by atoms with van der Waals surface area (Å²) in [5.41, 5.74) is 6.09. The number of benzene rings is 1. The summed E-state index contributed by atoms with van der Waals surface area (Å²) in [4.78, 5) is 0. The molecule has 0 aromatic heterocycles. The molecule has 0 spiro atoms. The Bertz CT molecular complexity index is 360. The van der Waals surface area contributed by atoms with Crippen LogP contribution in [0.5, 0.6) is 0 Å². The highest BCUT2D eigenvalue weighted by Crippen LogP contribution is 2.20. The fourth-order valence-corrected chi connectivity index (χ4v) is 1.26. The fourth-order valence-electron chi connectivity index (χ4n) is 1.26. The predicted molar refractivity (Wildman–Crippen MR) is 49.7 cm³/mol. The Balaban J connectivity index is 3.08. The number of nitrogens with zero attached hydrogens (tertiary/aromatic N) is 1. The average molecular weight is 194 g/mol. The third-order valence-corrected chi connectivity index (χ3v) is 2.00. The molecular formula is C10H11FN2O. The van der Waals surface area contributed by atoms with Gasteiger partial charge in [-0.3, -0.25) is 0 Å². The second-order valence-corrected chi connectivity index (χ2v) is 2.93. The molecule has 3 nitrogen and oxygen atoms in total. The molecule has 1 aromatic rings. The molecule has 1 aromatic carbocycles. The molecule has 1 rings (SSSR count). The lowest BCUT2D eigenvalue weighted by Crippen LogP contribution is -2.14. The van der Waals surface area contributed by atoms with Crippen molar-refractivity contribution in [2.75, 3.05) is 6.61 Å². The smallest absolute Gasteiger partial charge is 0.141 e. The van der Waals surface area contributed by atoms with Gasteiger partial charge in [0.15, 0.2) is 0 Å². The van der Waals surface area contributed by atoms with Gasteiger partial charge in [0.1, 0.15) is 11.9 Å². The summed E-state index contributed by atoms with van der Waals surface area (Å²) < 4.78 is 13.1. The third kappa shape index (κ3) is 2.08. The van der Waals surface area contributed by atoms with Gasteiger partial charge in [0, 0.05) is 12.6 Å². The number of hydrogen-bond acceptors (Lipinski definition) is 3. The molecule has 0 aliphatic carbocycles.